The van der Waals surface area contributed by atoms with Gasteiger partial charge >= 0.3 is 17.9 Å². The lowest BCUT2D eigenvalue weighted by molar-refractivity contribution is -0.392. The van der Waals surface area contributed by atoms with E-state index in [0.717, 1.165) is 5.57 Å². The number of esters is 2. The topological polar surface area (TPSA) is 420 Å². The molecule has 90 heavy (non-hydrogen) atoms. The maximum absolute atomic E-state index is 14.3. The van der Waals surface area contributed by atoms with E-state index in [-0.39, 0.29) is 36.0 Å². The van der Waals surface area contributed by atoms with E-state index in [0.29, 0.717) is 32.1 Å². The molecule has 0 unspecified atom stereocenters. The van der Waals surface area contributed by atoms with Crippen molar-refractivity contribution >= 4 is 17.9 Å². The summed E-state index contributed by atoms with van der Waals surface area (Å²) in [6.45, 7) is 17.5. The Bertz CT molecular complexity index is 2790. The van der Waals surface area contributed by atoms with Gasteiger partial charge in [-0.05, 0) is 117 Å². The van der Waals surface area contributed by atoms with E-state index in [1.807, 2.05) is 27.7 Å². The van der Waals surface area contributed by atoms with Gasteiger partial charge in [-0.1, -0.05) is 66.2 Å². The number of carbonyl (C=O) groups is 3. The highest BCUT2D eigenvalue weighted by Gasteiger charge is 2.74. The molecule has 4 saturated heterocycles. The zero-order valence-corrected chi connectivity index (χ0v) is 52.5. The quantitative estimate of drug-likeness (QED) is 0.0479. The molecule has 0 bridgehead atoms. The predicted octanol–water partition coefficient (Wildman–Crippen LogP) is 0.0843. The summed E-state index contributed by atoms with van der Waals surface area (Å²) >= 11 is 0. The first-order valence-corrected chi connectivity index (χ1v) is 31.4. The predicted molar refractivity (Wildman–Crippen MR) is 305 cm³/mol. The Hall–Kier alpha value is -3.63. The lowest BCUT2D eigenvalue weighted by Crippen LogP contribution is -2.73. The van der Waals surface area contributed by atoms with Gasteiger partial charge in [-0.2, -0.15) is 0 Å². The minimum absolute atomic E-state index is 0.0771. The highest BCUT2D eigenvalue weighted by molar-refractivity contribution is 5.88. The minimum Gasteiger partial charge on any atom is -0.479 e. The molecule has 27 nitrogen and oxygen atoms in total. The largest absolute Gasteiger partial charge is 0.479 e. The molecule has 30 atom stereocenters. The molecule has 0 spiro atoms. The molecule has 0 radical (unpaired) electrons. The van der Waals surface area contributed by atoms with Crippen molar-refractivity contribution in [3.63, 3.8) is 0 Å². The summed E-state index contributed by atoms with van der Waals surface area (Å²) in [7, 11) is 0. The molecule has 5 aliphatic carbocycles. The fourth-order valence-electron chi connectivity index (χ4n) is 17.7. The van der Waals surface area contributed by atoms with Gasteiger partial charge in [-0.15, -0.1) is 0 Å². The number of carbonyl (C=O) groups excluding carboxylic acids is 2. The van der Waals surface area contributed by atoms with Crippen LogP contribution in [0, 0.1) is 50.2 Å². The van der Waals surface area contributed by atoms with Crippen molar-refractivity contribution in [2.75, 3.05) is 19.8 Å². The molecule has 13 N–H and O–H groups in total. The third-order valence-corrected chi connectivity index (χ3v) is 23.2. The first-order valence-electron chi connectivity index (χ1n) is 31.4. The SMILES string of the molecule is C/C=C(\C)C(=O)O[C@H]1[C@H](OC(=O)c2ccco2)C(C)(C)C[C@H]2C3=CC[C@@H]4[C@@]5(C)CC[C@H](O[C@@H]6O[C@H](C(=O)O)[C@@H](O)[C@H](O[C@@H]7OC[C@@H](O)[C@H](O)[C@H]7O)[C@H]6O[C@@H]6O[C@H](CO)[C@H](O)[C@H](O)[C@H]6O)C(C)(C)[C@@H]5CC[C@@]4(C)[C@]3(C)C[C@@H](O)[C@]21CO[C@@H]1O[C@@H](C)[C@H](O)[C@@H](O)[C@H]1O. The molecule has 10 rings (SSSR count). The summed E-state index contributed by atoms with van der Waals surface area (Å²) in [6, 6.07) is 2.97. The first-order chi connectivity index (χ1) is 42.1. The van der Waals surface area contributed by atoms with Crippen molar-refractivity contribution in [1.29, 1.82) is 0 Å². The second-order valence-electron chi connectivity index (χ2n) is 28.9. The van der Waals surface area contributed by atoms with Crippen molar-refractivity contribution in [3.8, 4) is 0 Å². The maximum Gasteiger partial charge on any atom is 0.374 e. The van der Waals surface area contributed by atoms with Gasteiger partial charge in [-0.3, -0.25) is 0 Å². The molecule has 1 aromatic rings. The molecule has 9 aliphatic rings. The number of aliphatic hydroxyl groups is 12. The van der Waals surface area contributed by atoms with Crippen LogP contribution in [0.3, 0.4) is 0 Å². The fraction of sp³-hybridized carbons (Fsp3) is 0.825. The van der Waals surface area contributed by atoms with Crippen LogP contribution in [-0.2, 0) is 57.0 Å². The maximum atomic E-state index is 14.3. The van der Waals surface area contributed by atoms with E-state index in [1.54, 1.807) is 19.9 Å². The molecule has 27 heteroatoms. The number of carboxylic acids is 1. The number of fused-ring (bicyclic) bond motifs is 7. The summed E-state index contributed by atoms with van der Waals surface area (Å²) < 4.78 is 67.6. The van der Waals surface area contributed by atoms with Crippen LogP contribution in [0.15, 0.2) is 46.1 Å². The number of hydrogen-bond donors (Lipinski definition) is 13. The minimum atomic E-state index is -2.14. The van der Waals surface area contributed by atoms with Gasteiger partial charge in [-0.25, -0.2) is 14.4 Å². The van der Waals surface area contributed by atoms with Crippen LogP contribution >= 0.6 is 0 Å². The van der Waals surface area contributed by atoms with E-state index in [2.05, 4.69) is 26.8 Å². The van der Waals surface area contributed by atoms with Crippen molar-refractivity contribution in [2.24, 2.45) is 50.2 Å². The summed E-state index contributed by atoms with van der Waals surface area (Å²) in [6.07, 6.45) is -30.1. The van der Waals surface area contributed by atoms with Gasteiger partial charge in [0, 0.05) is 11.0 Å². The Morgan fingerprint density at radius 3 is 2.02 bits per heavy atom. The normalized spacial score (nSPS) is 49.2. The summed E-state index contributed by atoms with van der Waals surface area (Å²) in [5.74, 6) is -4.24. The number of ether oxygens (including phenoxy) is 10. The Morgan fingerprint density at radius 1 is 0.700 bits per heavy atom. The highest BCUT2D eigenvalue weighted by atomic mass is 16.8. The smallest absolute Gasteiger partial charge is 0.374 e. The molecular weight excluding hydrogens is 1190 g/mol. The number of aliphatic carboxylic acids is 1. The Balaban J connectivity index is 0.998. The zero-order valence-electron chi connectivity index (χ0n) is 52.5. The lowest BCUT2D eigenvalue weighted by atomic mass is 9.33. The van der Waals surface area contributed by atoms with Crippen LogP contribution in [0.1, 0.15) is 125 Å². The third kappa shape index (κ3) is 11.4. The van der Waals surface area contributed by atoms with Crippen LogP contribution in [0.5, 0.6) is 0 Å². The fourth-order valence-corrected chi connectivity index (χ4v) is 17.7. The standard InChI is InChI=1S/C63H94O27/c1-11-26(2)52(78)90-50-49(89-53(79)31-13-12-20-80-31)58(4,5)21-29-28-14-15-34-60(8)18-17-36(59(6,7)33(60)16-19-61(34,9)62(28,10)22-35(66)63(29,50)25-82-55-43(73)40(70)37(67)27(3)83-55)85-57-48(88-56-44(74)41(71)39(69)32(23-64)84-56)46(45(75)47(87-57)51(76)77)86-54-42(72)38(68)30(65)24-81-54/h11-14,20,27,29-30,32-50,54-57,64-75H,15-19,21-25H2,1-10H3,(H,76,77)/b26-11+/t27-,29-,30+,32+,33-,34+,35+,36-,37-,38-,39-,40+,41-,42+,43+,44+,45-,46-,47-,48+,49-,50-,54-,55+,56-,57+,60-,61+,62+,63-/m0/s1. The molecule has 0 amide bonds. The van der Waals surface area contributed by atoms with Gasteiger partial charge in [0.1, 0.15) is 85.5 Å². The summed E-state index contributed by atoms with van der Waals surface area (Å²) in [5.41, 5.74) is -4.06. The van der Waals surface area contributed by atoms with Crippen LogP contribution in [0.2, 0.25) is 0 Å². The molecule has 508 valence electrons. The summed E-state index contributed by atoms with van der Waals surface area (Å²) in [5, 5.41) is 144. The van der Waals surface area contributed by atoms with Gasteiger partial charge in [0.15, 0.2) is 37.4 Å². The van der Waals surface area contributed by atoms with E-state index in [9.17, 15) is 80.8 Å². The second-order valence-corrected chi connectivity index (χ2v) is 28.9. The lowest BCUT2D eigenvalue weighted by Gasteiger charge is -2.72. The molecule has 5 heterocycles. The van der Waals surface area contributed by atoms with Gasteiger partial charge < -0.3 is 118 Å². The molecule has 4 aliphatic heterocycles. The van der Waals surface area contributed by atoms with Crippen molar-refractivity contribution in [1.82, 2.24) is 0 Å². The van der Waals surface area contributed by atoms with Gasteiger partial charge in [0.2, 0.25) is 5.76 Å². The molecule has 8 fully saturated rings. The van der Waals surface area contributed by atoms with Gasteiger partial charge in [0.05, 0.1) is 49.8 Å². The number of furan rings is 1. The van der Waals surface area contributed by atoms with E-state index < -0.39 is 217 Å². The van der Waals surface area contributed by atoms with Crippen LogP contribution in [0.4, 0.5) is 0 Å². The molecular formula is C63H94O27. The summed E-state index contributed by atoms with van der Waals surface area (Å²) in [4.78, 5) is 41.4. The Kier molecular flexibility index (Phi) is 19.6. The number of hydrogen-bond acceptors (Lipinski definition) is 26. The highest BCUT2D eigenvalue weighted by Crippen LogP contribution is 2.76. The Labute approximate surface area is 521 Å². The zero-order chi connectivity index (χ0) is 65.9. The molecule has 0 aromatic carbocycles. The number of rotatable bonds is 15. The van der Waals surface area contributed by atoms with E-state index in [4.69, 9.17) is 51.8 Å². The van der Waals surface area contributed by atoms with Crippen molar-refractivity contribution in [3.05, 3.63) is 47.5 Å². The van der Waals surface area contributed by atoms with Crippen molar-refractivity contribution < 1.29 is 133 Å². The van der Waals surface area contributed by atoms with E-state index in [1.165, 1.54) is 25.3 Å². The molecule has 1 aromatic heterocycles. The number of aliphatic hydroxyl groups excluding tert-OH is 12. The number of carboxylic acid groups (broad SMARTS) is 1. The van der Waals surface area contributed by atoms with Crippen LogP contribution < -0.4 is 0 Å². The second kappa shape index (κ2) is 25.5. The molecule has 4 saturated carbocycles. The van der Waals surface area contributed by atoms with Gasteiger partial charge in [0.25, 0.3) is 0 Å². The third-order valence-electron chi connectivity index (χ3n) is 23.2. The first kappa shape index (κ1) is 69.2. The van der Waals surface area contributed by atoms with E-state index >= 15 is 0 Å². The average Bonchev–Trinajstić information content (AvgIpc) is 0.675. The van der Waals surface area contributed by atoms with Crippen LogP contribution in [0.25, 0.3) is 0 Å². The van der Waals surface area contributed by atoms with Crippen LogP contribution in [-0.4, -0.2) is 245 Å². The number of allylic oxidation sites excluding steroid dienone is 3. The Morgan fingerprint density at radius 2 is 1.37 bits per heavy atom. The average molecular weight is 1280 g/mol. The monoisotopic (exact) mass is 1280 g/mol. The van der Waals surface area contributed by atoms with Crippen molar-refractivity contribution in [2.45, 2.75) is 255 Å².